The fraction of sp³-hybridized carbons (Fsp3) is 0.429. The van der Waals surface area contributed by atoms with Crippen molar-refractivity contribution in [2.24, 2.45) is 5.92 Å². The second-order valence-corrected chi connectivity index (χ2v) is 6.85. The van der Waals surface area contributed by atoms with Gasteiger partial charge >= 0.3 is 0 Å². The minimum absolute atomic E-state index is 0.554. The van der Waals surface area contributed by atoms with Gasteiger partial charge in [0.2, 0.25) is 5.75 Å². The minimum atomic E-state index is 0.554. The highest BCUT2D eigenvalue weighted by Gasteiger charge is 2.24. The van der Waals surface area contributed by atoms with Gasteiger partial charge in [0.25, 0.3) is 0 Å². The van der Waals surface area contributed by atoms with Crippen LogP contribution in [0, 0.1) is 5.92 Å². The molecule has 1 heterocycles. The number of rotatable bonds is 5. The second kappa shape index (κ2) is 7.77. The molecule has 0 bridgehead atoms. The van der Waals surface area contributed by atoms with Crippen LogP contribution < -0.4 is 24.0 Å². The first-order chi connectivity index (χ1) is 12.6. The fourth-order valence-electron chi connectivity index (χ4n) is 3.80. The smallest absolute Gasteiger partial charge is 0.203 e. The van der Waals surface area contributed by atoms with E-state index in [1.54, 1.807) is 21.3 Å². The second-order valence-electron chi connectivity index (χ2n) is 6.85. The van der Waals surface area contributed by atoms with Crippen LogP contribution >= 0.6 is 0 Å². The molecule has 0 amide bonds. The average Bonchev–Trinajstić information content (AvgIpc) is 2.77. The van der Waals surface area contributed by atoms with Crippen molar-refractivity contribution < 1.29 is 14.2 Å². The van der Waals surface area contributed by atoms with E-state index in [0.717, 1.165) is 30.9 Å². The van der Waals surface area contributed by atoms with Crippen LogP contribution in [0.15, 0.2) is 36.4 Å². The number of para-hydroxylation sites is 2. The van der Waals surface area contributed by atoms with Crippen molar-refractivity contribution >= 4 is 11.4 Å². The lowest BCUT2D eigenvalue weighted by atomic mass is 10.1. The quantitative estimate of drug-likeness (QED) is 0.814. The molecule has 0 unspecified atom stereocenters. The van der Waals surface area contributed by atoms with Crippen LogP contribution in [0.3, 0.4) is 0 Å². The topological polar surface area (TPSA) is 34.2 Å². The monoisotopic (exact) mass is 356 g/mol. The lowest BCUT2D eigenvalue weighted by Crippen LogP contribution is -2.29. The van der Waals surface area contributed by atoms with Gasteiger partial charge in [0, 0.05) is 32.2 Å². The maximum absolute atomic E-state index is 5.68. The van der Waals surface area contributed by atoms with Gasteiger partial charge in [0.05, 0.1) is 32.7 Å². The number of ether oxygens (including phenoxy) is 3. The van der Waals surface area contributed by atoms with Crippen LogP contribution in [0.2, 0.25) is 0 Å². The SMILES string of the molecule is COc1ccc(CN2C[C@H](C)CN(C)c3ccccc32)c(OC)c1OC. The van der Waals surface area contributed by atoms with E-state index in [1.807, 2.05) is 6.07 Å². The molecule has 5 heteroatoms. The van der Waals surface area contributed by atoms with Gasteiger partial charge in [-0.15, -0.1) is 0 Å². The predicted octanol–water partition coefficient (Wildman–Crippen LogP) is 3.80. The zero-order chi connectivity index (χ0) is 18.7. The van der Waals surface area contributed by atoms with Gasteiger partial charge in [0.15, 0.2) is 11.5 Å². The molecule has 0 aliphatic carbocycles. The van der Waals surface area contributed by atoms with Crippen LogP contribution in [-0.2, 0) is 6.54 Å². The summed E-state index contributed by atoms with van der Waals surface area (Å²) in [6, 6.07) is 12.6. The Morgan fingerprint density at radius 3 is 2.23 bits per heavy atom. The van der Waals surface area contributed by atoms with E-state index in [1.165, 1.54) is 11.4 Å². The molecule has 0 saturated carbocycles. The number of fused-ring (bicyclic) bond motifs is 1. The van der Waals surface area contributed by atoms with Crippen molar-refractivity contribution in [3.05, 3.63) is 42.0 Å². The summed E-state index contributed by atoms with van der Waals surface area (Å²) in [4.78, 5) is 4.76. The van der Waals surface area contributed by atoms with Crippen molar-refractivity contribution in [2.45, 2.75) is 13.5 Å². The summed E-state index contributed by atoms with van der Waals surface area (Å²) in [7, 11) is 7.12. The molecule has 1 atom stereocenters. The van der Waals surface area contributed by atoms with Crippen LogP contribution in [0.5, 0.6) is 17.2 Å². The summed E-state index contributed by atoms with van der Waals surface area (Å²) >= 11 is 0. The Labute approximate surface area is 156 Å². The van der Waals surface area contributed by atoms with Crippen LogP contribution in [0.1, 0.15) is 12.5 Å². The van der Waals surface area contributed by atoms with E-state index in [0.29, 0.717) is 17.4 Å². The summed E-state index contributed by atoms with van der Waals surface area (Å²) in [6.45, 7) is 5.06. The van der Waals surface area contributed by atoms with Gasteiger partial charge < -0.3 is 24.0 Å². The van der Waals surface area contributed by atoms with Gasteiger partial charge in [0.1, 0.15) is 0 Å². The molecule has 0 N–H and O–H groups in total. The summed E-state index contributed by atoms with van der Waals surface area (Å²) < 4.78 is 16.6. The lowest BCUT2D eigenvalue weighted by Gasteiger charge is -2.27. The first kappa shape index (κ1) is 18.2. The van der Waals surface area contributed by atoms with Gasteiger partial charge in [-0.25, -0.2) is 0 Å². The number of hydrogen-bond acceptors (Lipinski definition) is 5. The van der Waals surface area contributed by atoms with E-state index in [9.17, 15) is 0 Å². The summed E-state index contributed by atoms with van der Waals surface area (Å²) in [6.07, 6.45) is 0. The Morgan fingerprint density at radius 1 is 0.885 bits per heavy atom. The molecule has 3 rings (SSSR count). The van der Waals surface area contributed by atoms with E-state index in [-0.39, 0.29) is 0 Å². The maximum atomic E-state index is 5.68. The molecule has 140 valence electrons. The van der Waals surface area contributed by atoms with Crippen molar-refractivity contribution in [3.8, 4) is 17.2 Å². The van der Waals surface area contributed by atoms with Crippen molar-refractivity contribution in [3.63, 3.8) is 0 Å². The highest BCUT2D eigenvalue weighted by atomic mass is 16.5. The molecule has 0 aromatic heterocycles. The molecule has 2 aromatic carbocycles. The molecular formula is C21H28N2O3. The highest BCUT2D eigenvalue weighted by Crippen LogP contribution is 2.41. The zero-order valence-electron chi connectivity index (χ0n) is 16.3. The first-order valence-corrected chi connectivity index (χ1v) is 8.92. The van der Waals surface area contributed by atoms with Gasteiger partial charge in [-0.3, -0.25) is 0 Å². The van der Waals surface area contributed by atoms with E-state index >= 15 is 0 Å². The standard InChI is InChI=1S/C21H28N2O3/c1-15-12-22(2)17-8-6-7-9-18(17)23(13-15)14-16-10-11-19(24-3)21(26-5)20(16)25-4/h6-11,15H,12-14H2,1-5H3/t15-/m1/s1. The Balaban J connectivity index is 2.01. The Kier molecular flexibility index (Phi) is 5.45. The number of benzene rings is 2. The summed E-state index contributed by atoms with van der Waals surface area (Å²) in [5.74, 6) is 2.60. The largest absolute Gasteiger partial charge is 0.493 e. The van der Waals surface area contributed by atoms with Crippen LogP contribution in [-0.4, -0.2) is 41.5 Å². The molecule has 1 aliphatic heterocycles. The third kappa shape index (κ3) is 3.39. The van der Waals surface area contributed by atoms with Crippen molar-refractivity contribution in [1.82, 2.24) is 0 Å². The number of nitrogens with zero attached hydrogens (tertiary/aromatic N) is 2. The molecule has 0 radical (unpaired) electrons. The van der Waals surface area contributed by atoms with Gasteiger partial charge in [-0.2, -0.15) is 0 Å². The van der Waals surface area contributed by atoms with E-state index in [4.69, 9.17) is 14.2 Å². The number of hydrogen-bond donors (Lipinski definition) is 0. The molecule has 1 aliphatic rings. The van der Waals surface area contributed by atoms with E-state index < -0.39 is 0 Å². The highest BCUT2D eigenvalue weighted by molar-refractivity contribution is 5.72. The molecule has 26 heavy (non-hydrogen) atoms. The number of methoxy groups -OCH3 is 3. The molecule has 0 saturated heterocycles. The number of anilines is 2. The lowest BCUT2D eigenvalue weighted by molar-refractivity contribution is 0.322. The third-order valence-corrected chi connectivity index (χ3v) is 4.90. The fourth-order valence-corrected chi connectivity index (χ4v) is 3.80. The van der Waals surface area contributed by atoms with Crippen LogP contribution in [0.25, 0.3) is 0 Å². The Morgan fingerprint density at radius 2 is 1.58 bits per heavy atom. The predicted molar refractivity (Wildman–Crippen MR) is 106 cm³/mol. The van der Waals surface area contributed by atoms with E-state index in [2.05, 4.69) is 54.1 Å². The molecule has 2 aromatic rings. The normalized spacial score (nSPS) is 16.7. The average molecular weight is 356 g/mol. The molecule has 0 spiro atoms. The molecule has 5 nitrogen and oxygen atoms in total. The molecular weight excluding hydrogens is 328 g/mol. The first-order valence-electron chi connectivity index (χ1n) is 8.92. The van der Waals surface area contributed by atoms with Gasteiger partial charge in [-0.1, -0.05) is 19.1 Å². The van der Waals surface area contributed by atoms with Crippen molar-refractivity contribution in [1.29, 1.82) is 0 Å². The maximum Gasteiger partial charge on any atom is 0.203 e. The minimum Gasteiger partial charge on any atom is -0.493 e. The third-order valence-electron chi connectivity index (χ3n) is 4.90. The summed E-state index contributed by atoms with van der Waals surface area (Å²) in [5.41, 5.74) is 3.59. The molecule has 0 fully saturated rings. The summed E-state index contributed by atoms with van der Waals surface area (Å²) in [5, 5.41) is 0. The van der Waals surface area contributed by atoms with Crippen molar-refractivity contribution in [2.75, 3.05) is 51.3 Å². The Bertz CT molecular complexity index is 763. The Hall–Kier alpha value is -2.56. The zero-order valence-corrected chi connectivity index (χ0v) is 16.3. The van der Waals surface area contributed by atoms with Gasteiger partial charge in [-0.05, 0) is 30.2 Å². The van der Waals surface area contributed by atoms with Crippen LogP contribution in [0.4, 0.5) is 11.4 Å².